The molecule has 3 rings (SSSR count). The van der Waals surface area contributed by atoms with E-state index >= 15 is 0 Å². The third-order valence-corrected chi connectivity index (χ3v) is 5.24. The standard InChI is InChI=1S/C17H18N2O5S/c20-16-15(19-25(23,24)10-12-4-2-1-3-5-12)14(17(21)22)9-13(18-16)8-11-6-7-11/h1-5,8-9,11,15,19H,6-7,10H2,(H,18,20)(H,21,22)/b13-8-. The molecule has 8 heteroatoms. The van der Waals surface area contributed by atoms with Crippen LogP contribution in [0.15, 0.2) is 53.8 Å². The topological polar surface area (TPSA) is 113 Å². The number of aliphatic carboxylic acids is 1. The smallest absolute Gasteiger partial charge is 0.333 e. The molecule has 1 aromatic carbocycles. The Balaban J connectivity index is 1.82. The molecule has 1 fully saturated rings. The molecule has 2 aliphatic rings. The SMILES string of the molecule is O=C(O)C1=C/C(=C/C2CC2)NC(=O)C1NS(=O)(=O)Cc1ccccc1. The van der Waals surface area contributed by atoms with Crippen molar-refractivity contribution < 1.29 is 23.1 Å². The van der Waals surface area contributed by atoms with Gasteiger partial charge in [0, 0.05) is 5.70 Å². The number of amides is 1. The van der Waals surface area contributed by atoms with Gasteiger partial charge in [-0.1, -0.05) is 36.4 Å². The summed E-state index contributed by atoms with van der Waals surface area (Å²) in [4.78, 5) is 23.8. The lowest BCUT2D eigenvalue weighted by molar-refractivity contribution is -0.134. The van der Waals surface area contributed by atoms with Gasteiger partial charge in [-0.2, -0.15) is 4.72 Å². The van der Waals surface area contributed by atoms with Gasteiger partial charge in [0.15, 0.2) is 0 Å². The van der Waals surface area contributed by atoms with Crippen molar-refractivity contribution >= 4 is 21.9 Å². The Morgan fingerprint density at radius 3 is 2.56 bits per heavy atom. The van der Waals surface area contributed by atoms with Crippen molar-refractivity contribution in [1.29, 1.82) is 0 Å². The lowest BCUT2D eigenvalue weighted by Crippen LogP contribution is -2.51. The Morgan fingerprint density at radius 2 is 1.96 bits per heavy atom. The Labute approximate surface area is 145 Å². The molecule has 0 saturated heterocycles. The summed E-state index contributed by atoms with van der Waals surface area (Å²) in [5.74, 6) is -2.02. The zero-order valence-corrected chi connectivity index (χ0v) is 14.1. The van der Waals surface area contributed by atoms with E-state index in [1.165, 1.54) is 6.08 Å². The third-order valence-electron chi connectivity index (χ3n) is 3.93. The van der Waals surface area contributed by atoms with Gasteiger partial charge in [-0.3, -0.25) is 4.79 Å². The first kappa shape index (κ1) is 17.4. The Kier molecular flexibility index (Phi) is 4.73. The summed E-state index contributed by atoms with van der Waals surface area (Å²) < 4.78 is 26.8. The van der Waals surface area contributed by atoms with Crippen LogP contribution in [0.5, 0.6) is 0 Å². The second-order valence-electron chi connectivity index (χ2n) is 6.15. The number of allylic oxidation sites excluding steroid dienone is 2. The number of hydrogen-bond acceptors (Lipinski definition) is 4. The van der Waals surface area contributed by atoms with Gasteiger partial charge < -0.3 is 10.4 Å². The van der Waals surface area contributed by atoms with Crippen molar-refractivity contribution in [2.75, 3.05) is 0 Å². The van der Waals surface area contributed by atoms with Crippen LogP contribution in [0.1, 0.15) is 18.4 Å². The zero-order valence-electron chi connectivity index (χ0n) is 13.3. The van der Waals surface area contributed by atoms with Crippen LogP contribution in [0.2, 0.25) is 0 Å². The van der Waals surface area contributed by atoms with Crippen molar-refractivity contribution in [2.45, 2.75) is 24.6 Å². The Hall–Kier alpha value is -2.45. The number of sulfonamides is 1. The van der Waals surface area contributed by atoms with Gasteiger partial charge in [-0.25, -0.2) is 13.2 Å². The van der Waals surface area contributed by atoms with Crippen molar-refractivity contribution in [3.63, 3.8) is 0 Å². The van der Waals surface area contributed by atoms with Gasteiger partial charge in [0.1, 0.15) is 6.04 Å². The van der Waals surface area contributed by atoms with Crippen molar-refractivity contribution in [3.05, 3.63) is 59.3 Å². The number of benzene rings is 1. The predicted molar refractivity (Wildman–Crippen MR) is 90.7 cm³/mol. The molecule has 3 N–H and O–H groups in total. The van der Waals surface area contributed by atoms with E-state index in [9.17, 15) is 23.1 Å². The van der Waals surface area contributed by atoms with Crippen LogP contribution < -0.4 is 10.0 Å². The summed E-state index contributed by atoms with van der Waals surface area (Å²) in [7, 11) is -3.90. The van der Waals surface area contributed by atoms with Gasteiger partial charge in [-0.15, -0.1) is 0 Å². The van der Waals surface area contributed by atoms with Crippen molar-refractivity contribution in [3.8, 4) is 0 Å². The summed E-state index contributed by atoms with van der Waals surface area (Å²) >= 11 is 0. The molecule has 7 nitrogen and oxygen atoms in total. The first-order valence-corrected chi connectivity index (χ1v) is 9.51. The molecule has 132 valence electrons. The highest BCUT2D eigenvalue weighted by atomic mass is 32.2. The minimum atomic E-state index is -3.90. The molecule has 0 radical (unpaired) electrons. The number of hydrogen-bond donors (Lipinski definition) is 3. The number of carbonyl (C=O) groups is 2. The minimum absolute atomic E-state index is 0.285. The fraction of sp³-hybridized carbons (Fsp3) is 0.294. The van der Waals surface area contributed by atoms with Gasteiger partial charge in [-0.05, 0) is 30.4 Å². The Bertz CT molecular complexity index is 854. The van der Waals surface area contributed by atoms with Crippen LogP contribution in [-0.2, 0) is 25.4 Å². The number of carboxylic acids is 1. The van der Waals surface area contributed by atoms with E-state index in [1.807, 2.05) is 0 Å². The number of rotatable bonds is 6. The minimum Gasteiger partial charge on any atom is -0.478 e. The highest BCUT2D eigenvalue weighted by Crippen LogP contribution is 2.32. The molecule has 1 amide bonds. The summed E-state index contributed by atoms with van der Waals surface area (Å²) in [6.45, 7) is 0. The summed E-state index contributed by atoms with van der Waals surface area (Å²) in [6.07, 6.45) is 5.12. The predicted octanol–water partition coefficient (Wildman–Crippen LogP) is 0.909. The van der Waals surface area contributed by atoms with Crippen LogP contribution in [-0.4, -0.2) is 31.4 Å². The van der Waals surface area contributed by atoms with E-state index < -0.39 is 27.9 Å². The molecule has 1 saturated carbocycles. The molecular formula is C17H18N2O5S. The molecule has 25 heavy (non-hydrogen) atoms. The van der Waals surface area contributed by atoms with E-state index in [0.29, 0.717) is 17.2 Å². The lowest BCUT2D eigenvalue weighted by Gasteiger charge is -2.24. The fourth-order valence-electron chi connectivity index (χ4n) is 2.57. The molecule has 1 unspecified atom stereocenters. The molecule has 1 atom stereocenters. The van der Waals surface area contributed by atoms with Gasteiger partial charge in [0.05, 0.1) is 11.3 Å². The third kappa shape index (κ3) is 4.55. The molecule has 1 aliphatic carbocycles. The molecule has 0 bridgehead atoms. The quantitative estimate of drug-likeness (QED) is 0.696. The van der Waals surface area contributed by atoms with Crippen LogP contribution in [0.25, 0.3) is 0 Å². The molecule has 0 spiro atoms. The number of carbonyl (C=O) groups excluding carboxylic acids is 1. The zero-order chi connectivity index (χ0) is 18.0. The van der Waals surface area contributed by atoms with E-state index in [0.717, 1.165) is 12.8 Å². The monoisotopic (exact) mass is 362 g/mol. The fourth-order valence-corrected chi connectivity index (χ4v) is 3.87. The maximum Gasteiger partial charge on any atom is 0.333 e. The first-order chi connectivity index (χ1) is 11.8. The lowest BCUT2D eigenvalue weighted by atomic mass is 10.0. The van der Waals surface area contributed by atoms with Crippen LogP contribution in [0.3, 0.4) is 0 Å². The molecule has 0 aromatic heterocycles. The molecule has 1 aliphatic heterocycles. The highest BCUT2D eigenvalue weighted by molar-refractivity contribution is 7.88. The first-order valence-electron chi connectivity index (χ1n) is 7.85. The summed E-state index contributed by atoms with van der Waals surface area (Å²) in [5, 5.41) is 11.9. The van der Waals surface area contributed by atoms with E-state index in [-0.39, 0.29) is 11.3 Å². The average Bonchev–Trinajstić information content (AvgIpc) is 3.34. The van der Waals surface area contributed by atoms with Gasteiger partial charge in [0.25, 0.3) is 0 Å². The summed E-state index contributed by atoms with van der Waals surface area (Å²) in [6, 6.07) is 7.00. The maximum atomic E-state index is 12.3. The second-order valence-corrected chi connectivity index (χ2v) is 7.90. The van der Waals surface area contributed by atoms with E-state index in [2.05, 4.69) is 10.0 Å². The van der Waals surface area contributed by atoms with Crippen molar-refractivity contribution in [2.24, 2.45) is 5.92 Å². The average molecular weight is 362 g/mol. The van der Waals surface area contributed by atoms with Crippen LogP contribution >= 0.6 is 0 Å². The van der Waals surface area contributed by atoms with Crippen LogP contribution in [0.4, 0.5) is 0 Å². The van der Waals surface area contributed by atoms with E-state index in [1.54, 1.807) is 36.4 Å². The van der Waals surface area contributed by atoms with E-state index in [4.69, 9.17) is 0 Å². The molecule has 1 heterocycles. The number of nitrogens with one attached hydrogen (secondary N) is 2. The maximum absolute atomic E-state index is 12.3. The number of carboxylic acid groups (broad SMARTS) is 1. The normalized spacial score (nSPS) is 22.4. The molecular weight excluding hydrogens is 344 g/mol. The van der Waals surface area contributed by atoms with Crippen LogP contribution in [0, 0.1) is 5.92 Å². The van der Waals surface area contributed by atoms with Crippen molar-refractivity contribution in [1.82, 2.24) is 10.0 Å². The summed E-state index contributed by atoms with van der Waals surface area (Å²) in [5.41, 5.74) is 0.664. The molecule has 1 aromatic rings. The highest BCUT2D eigenvalue weighted by Gasteiger charge is 2.35. The van der Waals surface area contributed by atoms with Gasteiger partial charge >= 0.3 is 5.97 Å². The largest absolute Gasteiger partial charge is 0.478 e. The Morgan fingerprint density at radius 1 is 1.28 bits per heavy atom. The van der Waals surface area contributed by atoms with Gasteiger partial charge in [0.2, 0.25) is 15.9 Å². The second kappa shape index (κ2) is 6.81.